The van der Waals surface area contributed by atoms with E-state index < -0.39 is 10.0 Å². The molecule has 5 nitrogen and oxygen atoms in total. The number of nitrogens with one attached hydrogen (secondary N) is 2. The summed E-state index contributed by atoms with van der Waals surface area (Å²) in [7, 11) is -3.35. The molecule has 0 aromatic heterocycles. The van der Waals surface area contributed by atoms with Crippen molar-refractivity contribution in [2.45, 2.75) is 49.5 Å². The van der Waals surface area contributed by atoms with Crippen molar-refractivity contribution >= 4 is 33.0 Å². The van der Waals surface area contributed by atoms with Crippen molar-refractivity contribution in [2.24, 2.45) is 11.8 Å². The topological polar surface area (TPSA) is 61.4 Å². The van der Waals surface area contributed by atoms with Gasteiger partial charge < -0.3 is 10.6 Å². The van der Waals surface area contributed by atoms with E-state index in [1.54, 1.807) is 28.6 Å². The maximum atomic E-state index is 12.5. The van der Waals surface area contributed by atoms with Crippen molar-refractivity contribution in [1.29, 1.82) is 0 Å². The molecule has 1 aromatic rings. The van der Waals surface area contributed by atoms with Crippen LogP contribution in [0.2, 0.25) is 0 Å². The molecule has 0 spiro atoms. The minimum atomic E-state index is -3.35. The van der Waals surface area contributed by atoms with Gasteiger partial charge in [-0.1, -0.05) is 6.42 Å². The molecule has 25 heavy (non-hydrogen) atoms. The maximum Gasteiger partial charge on any atom is 0.243 e. The molecule has 2 saturated carbocycles. The number of thiocarbonyl (C=S) groups is 1. The second kappa shape index (κ2) is 6.85. The van der Waals surface area contributed by atoms with Gasteiger partial charge in [-0.15, -0.1) is 0 Å². The third kappa shape index (κ3) is 3.55. The van der Waals surface area contributed by atoms with Crippen LogP contribution in [0, 0.1) is 11.8 Å². The molecule has 2 bridgehead atoms. The van der Waals surface area contributed by atoms with Crippen molar-refractivity contribution in [3.8, 4) is 0 Å². The van der Waals surface area contributed by atoms with Crippen molar-refractivity contribution in [2.75, 3.05) is 18.4 Å². The Balaban J connectivity index is 1.36. The van der Waals surface area contributed by atoms with E-state index in [0.717, 1.165) is 30.4 Å². The quantitative estimate of drug-likeness (QED) is 0.788. The summed E-state index contributed by atoms with van der Waals surface area (Å²) in [6.07, 6.45) is 7.14. The van der Waals surface area contributed by atoms with E-state index in [-0.39, 0.29) is 0 Å². The van der Waals surface area contributed by atoms with E-state index in [1.807, 2.05) is 0 Å². The van der Waals surface area contributed by atoms with Crippen LogP contribution >= 0.6 is 12.2 Å². The minimum absolute atomic E-state index is 0.354. The van der Waals surface area contributed by atoms with E-state index in [1.165, 1.54) is 25.7 Å². The first kappa shape index (κ1) is 17.2. The van der Waals surface area contributed by atoms with Gasteiger partial charge in [0.05, 0.1) is 4.90 Å². The van der Waals surface area contributed by atoms with Crippen LogP contribution in [0.5, 0.6) is 0 Å². The van der Waals surface area contributed by atoms with Gasteiger partial charge in [-0.3, -0.25) is 0 Å². The molecule has 1 heterocycles. The summed E-state index contributed by atoms with van der Waals surface area (Å²) in [5.74, 6) is 1.64. The van der Waals surface area contributed by atoms with Crippen LogP contribution in [0.15, 0.2) is 29.2 Å². The van der Waals surface area contributed by atoms with Gasteiger partial charge >= 0.3 is 0 Å². The van der Waals surface area contributed by atoms with Crippen molar-refractivity contribution in [3.63, 3.8) is 0 Å². The summed E-state index contributed by atoms with van der Waals surface area (Å²) < 4.78 is 26.6. The molecular weight excluding hydrogens is 354 g/mol. The Bertz CT molecular complexity index is 742. The highest BCUT2D eigenvalue weighted by Crippen LogP contribution is 2.44. The molecule has 1 saturated heterocycles. The third-order valence-corrected chi connectivity index (χ3v) is 8.00. The highest BCUT2D eigenvalue weighted by Gasteiger charge is 2.39. The number of fused-ring (bicyclic) bond motifs is 2. The fourth-order valence-corrected chi connectivity index (χ4v) is 6.33. The van der Waals surface area contributed by atoms with Crippen LogP contribution in [0.4, 0.5) is 5.69 Å². The minimum Gasteiger partial charge on any atom is -0.359 e. The van der Waals surface area contributed by atoms with Crippen molar-refractivity contribution in [1.82, 2.24) is 9.62 Å². The van der Waals surface area contributed by atoms with E-state index >= 15 is 0 Å². The Kier molecular flexibility index (Phi) is 4.73. The fraction of sp³-hybridized carbons (Fsp3) is 0.611. The second-order valence-electron chi connectivity index (χ2n) is 7.52. The number of nitrogens with zero attached hydrogens (tertiary/aromatic N) is 1. The van der Waals surface area contributed by atoms with Gasteiger partial charge in [0.15, 0.2) is 5.11 Å². The molecule has 7 heteroatoms. The molecule has 3 aliphatic rings. The summed E-state index contributed by atoms with van der Waals surface area (Å²) in [6, 6.07) is 7.40. The predicted octanol–water partition coefficient (Wildman–Crippen LogP) is 2.95. The SMILES string of the molecule is O=S(=O)(c1ccc(NC(=S)N[C@H]2C[C@H]3CC[C@@H]2C3)cc1)N1CCCC1. The Morgan fingerprint density at radius 1 is 1.08 bits per heavy atom. The lowest BCUT2D eigenvalue weighted by Gasteiger charge is -2.24. The van der Waals surface area contributed by atoms with Crippen molar-refractivity contribution in [3.05, 3.63) is 24.3 Å². The second-order valence-corrected chi connectivity index (χ2v) is 9.86. The first-order chi connectivity index (χ1) is 12.0. The van der Waals surface area contributed by atoms with E-state index in [0.29, 0.717) is 29.1 Å². The third-order valence-electron chi connectivity index (χ3n) is 5.87. The smallest absolute Gasteiger partial charge is 0.243 e. The fourth-order valence-electron chi connectivity index (χ4n) is 4.54. The molecule has 136 valence electrons. The molecule has 1 aromatic carbocycles. The highest BCUT2D eigenvalue weighted by atomic mass is 32.2. The average Bonchev–Trinajstić information content (AvgIpc) is 3.33. The zero-order valence-electron chi connectivity index (χ0n) is 14.3. The van der Waals surface area contributed by atoms with Gasteiger partial charge in [-0.2, -0.15) is 4.31 Å². The summed E-state index contributed by atoms with van der Waals surface area (Å²) in [6.45, 7) is 1.25. The molecular formula is C18H25N3O2S2. The Hall–Kier alpha value is -1.18. The maximum absolute atomic E-state index is 12.5. The molecule has 2 N–H and O–H groups in total. The van der Waals surface area contributed by atoms with Gasteiger partial charge in [0.25, 0.3) is 0 Å². The van der Waals surface area contributed by atoms with Gasteiger partial charge in [0, 0.05) is 24.8 Å². The molecule has 3 atom stereocenters. The number of hydrogen-bond acceptors (Lipinski definition) is 3. The Morgan fingerprint density at radius 3 is 2.40 bits per heavy atom. The molecule has 3 fully saturated rings. The lowest BCUT2D eigenvalue weighted by Crippen LogP contribution is -2.40. The predicted molar refractivity (Wildman–Crippen MR) is 103 cm³/mol. The molecule has 4 rings (SSSR count). The van der Waals surface area contributed by atoms with Gasteiger partial charge in [0.2, 0.25) is 10.0 Å². The highest BCUT2D eigenvalue weighted by molar-refractivity contribution is 7.89. The summed E-state index contributed by atoms with van der Waals surface area (Å²) in [5, 5.41) is 7.26. The number of anilines is 1. The molecule has 0 unspecified atom stereocenters. The molecule has 2 aliphatic carbocycles. The van der Waals surface area contributed by atoms with Crippen LogP contribution in [0.3, 0.4) is 0 Å². The van der Waals surface area contributed by atoms with E-state index in [4.69, 9.17) is 12.2 Å². The number of hydrogen-bond donors (Lipinski definition) is 2. The largest absolute Gasteiger partial charge is 0.359 e. The lowest BCUT2D eigenvalue weighted by molar-refractivity contribution is 0.392. The summed E-state index contributed by atoms with van der Waals surface area (Å²) in [4.78, 5) is 0.354. The monoisotopic (exact) mass is 379 g/mol. The average molecular weight is 380 g/mol. The van der Waals surface area contributed by atoms with Crippen LogP contribution in [0.25, 0.3) is 0 Å². The first-order valence-corrected chi connectivity index (χ1v) is 11.0. The van der Waals surface area contributed by atoms with E-state index in [9.17, 15) is 8.42 Å². The van der Waals surface area contributed by atoms with Crippen LogP contribution in [-0.4, -0.2) is 37.0 Å². The number of sulfonamides is 1. The van der Waals surface area contributed by atoms with E-state index in [2.05, 4.69) is 10.6 Å². The molecule has 0 radical (unpaired) electrons. The van der Waals surface area contributed by atoms with Gasteiger partial charge in [-0.05, 0) is 80.4 Å². The zero-order chi connectivity index (χ0) is 17.4. The lowest BCUT2D eigenvalue weighted by atomic mass is 9.96. The Morgan fingerprint density at radius 2 is 1.80 bits per heavy atom. The van der Waals surface area contributed by atoms with Gasteiger partial charge in [0.1, 0.15) is 0 Å². The summed E-state index contributed by atoms with van der Waals surface area (Å²) in [5.41, 5.74) is 0.820. The van der Waals surface area contributed by atoms with Crippen molar-refractivity contribution < 1.29 is 8.42 Å². The number of rotatable bonds is 4. The zero-order valence-corrected chi connectivity index (χ0v) is 15.9. The molecule has 1 aliphatic heterocycles. The van der Waals surface area contributed by atoms with Crippen LogP contribution < -0.4 is 10.6 Å². The Labute approximate surface area is 155 Å². The van der Waals surface area contributed by atoms with Crippen LogP contribution in [-0.2, 0) is 10.0 Å². The van der Waals surface area contributed by atoms with Crippen LogP contribution in [0.1, 0.15) is 38.5 Å². The van der Waals surface area contributed by atoms with Gasteiger partial charge in [-0.25, -0.2) is 8.42 Å². The normalized spacial score (nSPS) is 29.0. The molecule has 0 amide bonds. The summed E-state index contributed by atoms with van der Waals surface area (Å²) >= 11 is 5.43. The first-order valence-electron chi connectivity index (χ1n) is 9.20. The number of benzene rings is 1. The standard InChI is InChI=1S/C18H25N3O2S2/c22-25(23,21-9-1-2-10-21)16-7-5-15(6-8-16)19-18(24)20-17-12-13-3-4-14(17)11-13/h5-8,13-14,17H,1-4,9-12H2,(H2,19,20,24)/t13-,14+,17-/m0/s1.